The van der Waals surface area contributed by atoms with Crippen molar-refractivity contribution in [3.63, 3.8) is 0 Å². The molecule has 0 saturated heterocycles. The first-order valence-electron chi connectivity index (χ1n) is 5.28. The first-order chi connectivity index (χ1) is 5.81. The Morgan fingerprint density at radius 1 is 1.08 bits per heavy atom. The number of hydrogen-bond acceptors (Lipinski definition) is 1. The van der Waals surface area contributed by atoms with Gasteiger partial charge in [-0.3, -0.25) is 0 Å². The summed E-state index contributed by atoms with van der Waals surface area (Å²) in [5, 5.41) is 9.39. The lowest BCUT2D eigenvalue weighted by molar-refractivity contribution is 0.150. The highest BCUT2D eigenvalue weighted by Gasteiger charge is 2.00. The maximum absolute atomic E-state index is 9.39. The number of aliphatic hydroxyl groups excluding tert-OH is 1. The van der Waals surface area contributed by atoms with Crippen molar-refractivity contribution in [2.75, 3.05) is 0 Å². The van der Waals surface area contributed by atoms with Crippen LogP contribution in [0.15, 0.2) is 0 Å². The molecule has 12 heavy (non-hydrogen) atoms. The highest BCUT2D eigenvalue weighted by Crippen LogP contribution is 2.09. The lowest BCUT2D eigenvalue weighted by atomic mass is 10.1. The number of aliphatic hydroxyl groups is 1. The summed E-state index contributed by atoms with van der Waals surface area (Å²) in [6.45, 7) is 5.92. The van der Waals surface area contributed by atoms with E-state index < -0.39 is 0 Å². The molecule has 0 aliphatic heterocycles. The zero-order valence-corrected chi connectivity index (χ0v) is 8.39. The Morgan fingerprint density at radius 2 is 1.75 bits per heavy atom. The minimum absolute atomic E-state index is 0.0465. The molecule has 73 valence electrons. The van der Waals surface area contributed by atoms with E-state index >= 15 is 0 Å². The summed E-state index contributed by atoms with van der Waals surface area (Å²) in [5.74, 6) is 0. The van der Waals surface area contributed by atoms with Crippen LogP contribution in [0.1, 0.15) is 58.3 Å². The van der Waals surface area contributed by atoms with Gasteiger partial charge >= 0.3 is 0 Å². The van der Waals surface area contributed by atoms with Crippen LogP contribution in [-0.2, 0) is 0 Å². The van der Waals surface area contributed by atoms with Gasteiger partial charge in [0.05, 0.1) is 6.10 Å². The molecule has 0 spiro atoms. The van der Waals surface area contributed by atoms with Gasteiger partial charge in [0.25, 0.3) is 0 Å². The highest BCUT2D eigenvalue weighted by molar-refractivity contribution is 4.55. The molecule has 0 amide bonds. The van der Waals surface area contributed by atoms with Crippen molar-refractivity contribution >= 4 is 0 Å². The topological polar surface area (TPSA) is 20.2 Å². The summed E-state index contributed by atoms with van der Waals surface area (Å²) in [5.41, 5.74) is 0. The van der Waals surface area contributed by atoms with Gasteiger partial charge < -0.3 is 5.11 Å². The van der Waals surface area contributed by atoms with Crippen molar-refractivity contribution in [1.29, 1.82) is 0 Å². The van der Waals surface area contributed by atoms with E-state index in [1.807, 2.05) is 0 Å². The summed E-state index contributed by atoms with van der Waals surface area (Å²) >= 11 is 0. The van der Waals surface area contributed by atoms with Gasteiger partial charge in [0.1, 0.15) is 0 Å². The molecule has 0 saturated carbocycles. The van der Waals surface area contributed by atoms with E-state index in [2.05, 4.69) is 13.8 Å². The molecule has 0 heterocycles. The molecule has 1 N–H and O–H groups in total. The lowest BCUT2D eigenvalue weighted by Gasteiger charge is -2.07. The number of rotatable bonds is 8. The highest BCUT2D eigenvalue weighted by atomic mass is 16.3. The first kappa shape index (κ1) is 12.0. The average Bonchev–Trinajstić information content (AvgIpc) is 2.05. The SMILES string of the molecule is [CH2]CCCCCCC(O)CCC. The van der Waals surface area contributed by atoms with Crippen LogP contribution >= 0.6 is 0 Å². The Kier molecular flexibility index (Phi) is 9.02. The molecule has 1 atom stereocenters. The van der Waals surface area contributed by atoms with Crippen molar-refractivity contribution < 1.29 is 5.11 Å². The number of unbranched alkanes of at least 4 members (excludes halogenated alkanes) is 4. The molecule has 0 aliphatic rings. The van der Waals surface area contributed by atoms with Crippen LogP contribution in [-0.4, -0.2) is 11.2 Å². The molecule has 0 aromatic heterocycles. The van der Waals surface area contributed by atoms with Gasteiger partial charge in [0, 0.05) is 0 Å². The summed E-state index contributed by atoms with van der Waals surface area (Å²) in [4.78, 5) is 0. The fourth-order valence-electron chi connectivity index (χ4n) is 1.39. The summed E-state index contributed by atoms with van der Waals surface area (Å²) in [7, 11) is 0. The third kappa shape index (κ3) is 8.06. The van der Waals surface area contributed by atoms with Crippen molar-refractivity contribution in [1.82, 2.24) is 0 Å². The van der Waals surface area contributed by atoms with E-state index in [-0.39, 0.29) is 6.10 Å². The minimum Gasteiger partial charge on any atom is -0.393 e. The monoisotopic (exact) mass is 171 g/mol. The van der Waals surface area contributed by atoms with E-state index in [4.69, 9.17) is 0 Å². The van der Waals surface area contributed by atoms with Crippen molar-refractivity contribution in [2.45, 2.75) is 64.4 Å². The standard InChI is InChI=1S/C11H23O/c1-3-5-6-7-8-10-11(12)9-4-2/h11-12H,1,3-10H2,2H3. The second kappa shape index (κ2) is 9.05. The molecule has 0 fully saturated rings. The van der Waals surface area contributed by atoms with Crippen LogP contribution in [0.3, 0.4) is 0 Å². The molecule has 1 heteroatoms. The van der Waals surface area contributed by atoms with Crippen LogP contribution in [0.25, 0.3) is 0 Å². The molecule has 0 aromatic rings. The third-order valence-corrected chi connectivity index (χ3v) is 2.16. The number of hydrogen-bond donors (Lipinski definition) is 1. The van der Waals surface area contributed by atoms with Crippen LogP contribution in [0.4, 0.5) is 0 Å². The summed E-state index contributed by atoms with van der Waals surface area (Å²) in [6, 6.07) is 0. The normalized spacial score (nSPS) is 13.2. The molecular formula is C11H23O. The van der Waals surface area contributed by atoms with Crippen molar-refractivity contribution in [3.8, 4) is 0 Å². The Labute approximate surface area is 77.2 Å². The summed E-state index contributed by atoms with van der Waals surface area (Å²) < 4.78 is 0. The minimum atomic E-state index is -0.0465. The van der Waals surface area contributed by atoms with Crippen LogP contribution in [0.2, 0.25) is 0 Å². The van der Waals surface area contributed by atoms with Crippen molar-refractivity contribution in [2.24, 2.45) is 0 Å². The third-order valence-electron chi connectivity index (χ3n) is 2.16. The maximum atomic E-state index is 9.39. The van der Waals surface area contributed by atoms with Crippen LogP contribution in [0, 0.1) is 6.92 Å². The maximum Gasteiger partial charge on any atom is 0.0540 e. The Balaban J connectivity index is 2.97. The molecule has 1 nitrogen and oxygen atoms in total. The summed E-state index contributed by atoms with van der Waals surface area (Å²) in [6.07, 6.45) is 9.02. The molecule has 1 radical (unpaired) electrons. The Hall–Kier alpha value is -0.0400. The zero-order valence-electron chi connectivity index (χ0n) is 8.39. The van der Waals surface area contributed by atoms with Gasteiger partial charge in [-0.15, -0.1) is 0 Å². The Morgan fingerprint density at radius 3 is 2.33 bits per heavy atom. The van der Waals surface area contributed by atoms with Gasteiger partial charge in [0.2, 0.25) is 0 Å². The zero-order chi connectivity index (χ0) is 9.23. The largest absolute Gasteiger partial charge is 0.393 e. The van der Waals surface area contributed by atoms with E-state index in [0.717, 1.165) is 25.7 Å². The van der Waals surface area contributed by atoms with E-state index in [0.29, 0.717) is 0 Å². The van der Waals surface area contributed by atoms with Gasteiger partial charge in [-0.25, -0.2) is 0 Å². The molecule has 1 unspecified atom stereocenters. The lowest BCUT2D eigenvalue weighted by Crippen LogP contribution is -2.04. The van der Waals surface area contributed by atoms with Crippen LogP contribution < -0.4 is 0 Å². The molecule has 0 aromatic carbocycles. The average molecular weight is 171 g/mol. The van der Waals surface area contributed by atoms with E-state index in [1.54, 1.807) is 0 Å². The molecule has 0 bridgehead atoms. The van der Waals surface area contributed by atoms with Crippen molar-refractivity contribution in [3.05, 3.63) is 6.92 Å². The predicted molar refractivity (Wildman–Crippen MR) is 54.0 cm³/mol. The van der Waals surface area contributed by atoms with Gasteiger partial charge in [-0.05, 0) is 12.8 Å². The van der Waals surface area contributed by atoms with Crippen LogP contribution in [0.5, 0.6) is 0 Å². The van der Waals surface area contributed by atoms with Gasteiger partial charge in [0.15, 0.2) is 0 Å². The second-order valence-electron chi connectivity index (χ2n) is 3.50. The smallest absolute Gasteiger partial charge is 0.0540 e. The molecular weight excluding hydrogens is 148 g/mol. The Bertz CT molecular complexity index is 81.1. The molecule has 0 rings (SSSR count). The fourth-order valence-corrected chi connectivity index (χ4v) is 1.39. The predicted octanol–water partition coefficient (Wildman–Crippen LogP) is 3.32. The van der Waals surface area contributed by atoms with Gasteiger partial charge in [-0.2, -0.15) is 0 Å². The van der Waals surface area contributed by atoms with E-state index in [1.165, 1.54) is 25.7 Å². The second-order valence-corrected chi connectivity index (χ2v) is 3.50. The molecule has 0 aliphatic carbocycles. The first-order valence-corrected chi connectivity index (χ1v) is 5.28. The van der Waals surface area contributed by atoms with Gasteiger partial charge in [-0.1, -0.05) is 52.4 Å². The quantitative estimate of drug-likeness (QED) is 0.555. The van der Waals surface area contributed by atoms with E-state index in [9.17, 15) is 5.11 Å². The fraction of sp³-hybridized carbons (Fsp3) is 0.909.